The van der Waals surface area contributed by atoms with E-state index >= 15 is 0 Å². The van der Waals surface area contributed by atoms with Gasteiger partial charge in [0.05, 0.1) is 0 Å². The Morgan fingerprint density at radius 2 is 1.79 bits per heavy atom. The van der Waals surface area contributed by atoms with E-state index in [1.807, 2.05) is 14.0 Å². The Hall–Kier alpha value is -1.32. The molecule has 1 aliphatic carbocycles. The third-order valence-electron chi connectivity index (χ3n) is 4.89. The summed E-state index contributed by atoms with van der Waals surface area (Å²) < 4.78 is 0. The van der Waals surface area contributed by atoms with E-state index in [0.717, 1.165) is 30.5 Å². The van der Waals surface area contributed by atoms with Crippen LogP contribution in [0.5, 0.6) is 0 Å². The van der Waals surface area contributed by atoms with Crippen LogP contribution in [0.15, 0.2) is 6.07 Å². The summed E-state index contributed by atoms with van der Waals surface area (Å²) in [6.07, 6.45) is 8.46. The first kappa shape index (κ1) is 12.7. The van der Waals surface area contributed by atoms with Crippen molar-refractivity contribution in [2.45, 2.75) is 45.4 Å². The van der Waals surface area contributed by atoms with Crippen molar-refractivity contribution in [3.63, 3.8) is 0 Å². The molecule has 2 heterocycles. The summed E-state index contributed by atoms with van der Waals surface area (Å²) in [5, 5.41) is 3.12. The van der Waals surface area contributed by atoms with Crippen LogP contribution in [-0.4, -0.2) is 30.1 Å². The second-order valence-electron chi connectivity index (χ2n) is 6.10. The van der Waals surface area contributed by atoms with Gasteiger partial charge in [0.15, 0.2) is 0 Å². The van der Waals surface area contributed by atoms with E-state index in [9.17, 15) is 0 Å². The number of rotatable bonds is 2. The van der Waals surface area contributed by atoms with E-state index in [1.54, 1.807) is 0 Å². The molecule has 0 bridgehead atoms. The SMILES string of the molecule is CNc1cc(N2CCC3(CCCC3)CC2)nc(C)n1. The van der Waals surface area contributed by atoms with Crippen LogP contribution in [0.25, 0.3) is 0 Å². The molecule has 0 aromatic carbocycles. The Kier molecular flexibility index (Phi) is 3.33. The molecule has 1 aromatic heterocycles. The van der Waals surface area contributed by atoms with E-state index in [4.69, 9.17) is 0 Å². The predicted octanol–water partition coefficient (Wildman–Crippen LogP) is 2.99. The normalized spacial score (nSPS) is 21.9. The zero-order valence-electron chi connectivity index (χ0n) is 12.1. The maximum absolute atomic E-state index is 4.60. The maximum Gasteiger partial charge on any atom is 0.134 e. The van der Waals surface area contributed by atoms with Crippen molar-refractivity contribution in [2.75, 3.05) is 30.4 Å². The molecule has 0 amide bonds. The van der Waals surface area contributed by atoms with E-state index < -0.39 is 0 Å². The van der Waals surface area contributed by atoms with E-state index in [2.05, 4.69) is 26.3 Å². The van der Waals surface area contributed by atoms with Crippen molar-refractivity contribution < 1.29 is 0 Å². The number of nitrogens with zero attached hydrogens (tertiary/aromatic N) is 3. The zero-order valence-corrected chi connectivity index (χ0v) is 12.1. The number of hydrogen-bond donors (Lipinski definition) is 1. The van der Waals surface area contributed by atoms with Crippen molar-refractivity contribution in [1.29, 1.82) is 0 Å². The van der Waals surface area contributed by atoms with Crippen LogP contribution >= 0.6 is 0 Å². The van der Waals surface area contributed by atoms with Gasteiger partial charge in [-0.1, -0.05) is 12.8 Å². The molecule has 0 atom stereocenters. The first-order valence-corrected chi connectivity index (χ1v) is 7.49. The fraction of sp³-hybridized carbons (Fsp3) is 0.733. The highest BCUT2D eigenvalue weighted by Gasteiger charge is 2.37. The average molecular weight is 260 g/mol. The van der Waals surface area contributed by atoms with Gasteiger partial charge in [-0.2, -0.15) is 0 Å². The van der Waals surface area contributed by atoms with Gasteiger partial charge in [-0.05, 0) is 38.0 Å². The largest absolute Gasteiger partial charge is 0.373 e. The average Bonchev–Trinajstić information content (AvgIpc) is 2.87. The molecular weight excluding hydrogens is 236 g/mol. The summed E-state index contributed by atoms with van der Waals surface area (Å²) in [5.41, 5.74) is 0.671. The van der Waals surface area contributed by atoms with Crippen LogP contribution in [-0.2, 0) is 0 Å². The number of nitrogens with one attached hydrogen (secondary N) is 1. The first-order chi connectivity index (χ1) is 9.21. The number of anilines is 2. The van der Waals surface area contributed by atoms with Crippen molar-refractivity contribution in [2.24, 2.45) is 5.41 Å². The summed E-state index contributed by atoms with van der Waals surface area (Å²) in [6, 6.07) is 2.07. The molecule has 2 aliphatic rings. The van der Waals surface area contributed by atoms with Crippen molar-refractivity contribution in [1.82, 2.24) is 9.97 Å². The lowest BCUT2D eigenvalue weighted by atomic mass is 9.77. The minimum absolute atomic E-state index is 0.671. The summed E-state index contributed by atoms with van der Waals surface area (Å²) in [5.74, 6) is 2.86. The lowest BCUT2D eigenvalue weighted by Crippen LogP contribution is -2.39. The second-order valence-corrected chi connectivity index (χ2v) is 6.10. The number of hydrogen-bond acceptors (Lipinski definition) is 4. The molecule has 1 saturated heterocycles. The fourth-order valence-corrected chi connectivity index (χ4v) is 3.68. The van der Waals surface area contributed by atoms with Gasteiger partial charge in [-0.3, -0.25) is 0 Å². The third kappa shape index (κ3) is 2.53. The summed E-state index contributed by atoms with van der Waals surface area (Å²) >= 11 is 0. The van der Waals surface area contributed by atoms with Crippen LogP contribution in [0, 0.1) is 12.3 Å². The Morgan fingerprint density at radius 3 is 2.42 bits per heavy atom. The molecule has 19 heavy (non-hydrogen) atoms. The monoisotopic (exact) mass is 260 g/mol. The molecular formula is C15H24N4. The van der Waals surface area contributed by atoms with Gasteiger partial charge in [-0.15, -0.1) is 0 Å². The highest BCUT2D eigenvalue weighted by atomic mass is 15.2. The third-order valence-corrected chi connectivity index (χ3v) is 4.89. The molecule has 104 valence electrons. The summed E-state index contributed by atoms with van der Waals surface area (Å²) in [7, 11) is 1.91. The van der Waals surface area contributed by atoms with Gasteiger partial charge < -0.3 is 10.2 Å². The van der Waals surface area contributed by atoms with Crippen LogP contribution in [0.4, 0.5) is 11.6 Å². The van der Waals surface area contributed by atoms with Gasteiger partial charge in [0, 0.05) is 26.2 Å². The predicted molar refractivity (Wildman–Crippen MR) is 78.7 cm³/mol. The van der Waals surface area contributed by atoms with Crippen LogP contribution in [0.1, 0.15) is 44.3 Å². The molecule has 1 aliphatic heterocycles. The maximum atomic E-state index is 4.60. The Bertz CT molecular complexity index is 441. The van der Waals surface area contributed by atoms with Gasteiger partial charge in [0.2, 0.25) is 0 Å². The lowest BCUT2D eigenvalue weighted by Gasteiger charge is -2.40. The van der Waals surface area contributed by atoms with Crippen molar-refractivity contribution in [3.05, 3.63) is 11.9 Å². The molecule has 1 N–H and O–H groups in total. The zero-order chi connectivity index (χ0) is 13.3. The molecule has 1 saturated carbocycles. The summed E-state index contributed by atoms with van der Waals surface area (Å²) in [6.45, 7) is 4.27. The summed E-state index contributed by atoms with van der Waals surface area (Å²) in [4.78, 5) is 11.4. The van der Waals surface area contributed by atoms with Crippen LogP contribution in [0.2, 0.25) is 0 Å². The van der Waals surface area contributed by atoms with Gasteiger partial charge in [0.25, 0.3) is 0 Å². The topological polar surface area (TPSA) is 41.0 Å². The van der Waals surface area contributed by atoms with Gasteiger partial charge in [0.1, 0.15) is 17.5 Å². The Balaban J connectivity index is 1.72. The minimum atomic E-state index is 0.671. The van der Waals surface area contributed by atoms with Crippen LogP contribution < -0.4 is 10.2 Å². The molecule has 4 nitrogen and oxygen atoms in total. The number of piperidine rings is 1. The fourth-order valence-electron chi connectivity index (χ4n) is 3.68. The highest BCUT2D eigenvalue weighted by Crippen LogP contribution is 2.46. The van der Waals surface area contributed by atoms with Crippen LogP contribution in [0.3, 0.4) is 0 Å². The molecule has 4 heteroatoms. The Labute approximate surface area is 115 Å². The minimum Gasteiger partial charge on any atom is -0.373 e. The van der Waals surface area contributed by atoms with Gasteiger partial charge in [-0.25, -0.2) is 9.97 Å². The molecule has 1 aromatic rings. The smallest absolute Gasteiger partial charge is 0.134 e. The standard InChI is InChI=1S/C15H24N4/c1-12-17-13(16-2)11-14(18-12)19-9-7-15(8-10-19)5-3-4-6-15/h11H,3-10H2,1-2H3,(H,16,17,18). The van der Waals surface area contributed by atoms with Gasteiger partial charge >= 0.3 is 0 Å². The molecule has 3 rings (SSSR count). The molecule has 0 unspecified atom stereocenters. The molecule has 2 fully saturated rings. The quantitative estimate of drug-likeness (QED) is 0.887. The second kappa shape index (κ2) is 4.99. The number of aryl methyl sites for hydroxylation is 1. The molecule has 1 spiro atoms. The van der Waals surface area contributed by atoms with E-state index in [0.29, 0.717) is 5.41 Å². The first-order valence-electron chi connectivity index (χ1n) is 7.49. The van der Waals surface area contributed by atoms with Crippen molar-refractivity contribution >= 4 is 11.6 Å². The lowest BCUT2D eigenvalue weighted by molar-refractivity contribution is 0.226. The van der Waals surface area contributed by atoms with E-state index in [1.165, 1.54) is 38.5 Å². The number of aromatic nitrogens is 2. The van der Waals surface area contributed by atoms with E-state index in [-0.39, 0.29) is 0 Å². The molecule has 0 radical (unpaired) electrons. The highest BCUT2D eigenvalue weighted by molar-refractivity contribution is 5.49. The Morgan fingerprint density at radius 1 is 1.11 bits per heavy atom. The van der Waals surface area contributed by atoms with Crippen molar-refractivity contribution in [3.8, 4) is 0 Å².